The molecule has 0 radical (unpaired) electrons. The van der Waals surface area contributed by atoms with Gasteiger partial charge in [-0.2, -0.15) is 0 Å². The Morgan fingerprint density at radius 3 is 2.56 bits per heavy atom. The van der Waals surface area contributed by atoms with Crippen molar-refractivity contribution in [3.05, 3.63) is 0 Å². The van der Waals surface area contributed by atoms with Crippen molar-refractivity contribution in [2.24, 2.45) is 22.2 Å². The van der Waals surface area contributed by atoms with E-state index in [1.807, 2.05) is 7.05 Å². The fraction of sp³-hybridized carbons (Fsp3) is 0.955. The van der Waals surface area contributed by atoms with Crippen molar-refractivity contribution >= 4 is 5.96 Å². The Bertz CT molecular complexity index is 522. The van der Waals surface area contributed by atoms with Crippen LogP contribution in [0.5, 0.6) is 0 Å². The summed E-state index contributed by atoms with van der Waals surface area (Å²) in [4.78, 5) is 7.05. The molecule has 2 saturated heterocycles. The third-order valence-electron chi connectivity index (χ3n) is 7.61. The number of aliphatic imine (C=N–C) groups is 1. The molecule has 2 saturated carbocycles. The van der Waals surface area contributed by atoms with Gasteiger partial charge in [0.2, 0.25) is 0 Å². The van der Waals surface area contributed by atoms with Crippen molar-refractivity contribution in [1.29, 1.82) is 0 Å². The van der Waals surface area contributed by atoms with Crippen LogP contribution in [0.3, 0.4) is 0 Å². The molecule has 154 valence electrons. The highest BCUT2D eigenvalue weighted by Crippen LogP contribution is 2.51. The van der Waals surface area contributed by atoms with Crippen LogP contribution in [0, 0.1) is 17.3 Å². The minimum atomic E-state index is 0.184. The molecule has 5 nitrogen and oxygen atoms in total. The lowest BCUT2D eigenvalue weighted by Gasteiger charge is -2.60. The van der Waals surface area contributed by atoms with Gasteiger partial charge >= 0.3 is 0 Å². The standard InChI is InChI=1S/C22H39N3O2/c1-22(2)19(18-9-6-14-26-20(18)22)24-21(23-3)25-12-10-17(11-13-25)27-15-16-7-4-5-8-16/h16-20H,4-15H2,1-3H3,(H,23,24). The third kappa shape index (κ3) is 4.00. The molecule has 0 bridgehead atoms. The molecule has 3 unspecified atom stereocenters. The van der Waals surface area contributed by atoms with E-state index in [1.54, 1.807) is 0 Å². The minimum absolute atomic E-state index is 0.184. The van der Waals surface area contributed by atoms with Crippen LogP contribution in [-0.2, 0) is 9.47 Å². The molecule has 0 aromatic rings. The first-order valence-corrected chi connectivity index (χ1v) is 11.3. The monoisotopic (exact) mass is 377 g/mol. The number of piperidine rings is 1. The van der Waals surface area contributed by atoms with Gasteiger partial charge in [0.1, 0.15) is 0 Å². The topological polar surface area (TPSA) is 46.1 Å². The van der Waals surface area contributed by atoms with Gasteiger partial charge in [-0.05, 0) is 44.4 Å². The van der Waals surface area contributed by atoms with Gasteiger partial charge in [-0.25, -0.2) is 0 Å². The maximum Gasteiger partial charge on any atom is 0.193 e. The molecular formula is C22H39N3O2. The van der Waals surface area contributed by atoms with Crippen LogP contribution in [0.2, 0.25) is 0 Å². The molecule has 3 atom stereocenters. The lowest BCUT2D eigenvalue weighted by molar-refractivity contribution is -0.188. The summed E-state index contributed by atoms with van der Waals surface area (Å²) in [5.74, 6) is 2.54. The Kier molecular flexibility index (Phi) is 5.98. The SMILES string of the molecule is CN=C(NC1C2CCCOC2C1(C)C)N1CCC(OCC2CCCC2)CC1. The largest absolute Gasteiger partial charge is 0.378 e. The molecule has 2 heterocycles. The van der Waals surface area contributed by atoms with Crippen LogP contribution in [-0.4, -0.2) is 62.5 Å². The molecule has 0 amide bonds. The lowest BCUT2D eigenvalue weighted by Crippen LogP contribution is -2.71. The van der Waals surface area contributed by atoms with E-state index in [-0.39, 0.29) is 5.41 Å². The summed E-state index contributed by atoms with van der Waals surface area (Å²) in [6.07, 6.45) is 11.1. The van der Waals surface area contributed by atoms with E-state index >= 15 is 0 Å². The van der Waals surface area contributed by atoms with E-state index in [0.29, 0.717) is 24.2 Å². The van der Waals surface area contributed by atoms with Crippen LogP contribution in [0.1, 0.15) is 65.2 Å². The van der Waals surface area contributed by atoms with Gasteiger partial charge in [-0.3, -0.25) is 4.99 Å². The predicted molar refractivity (Wildman–Crippen MR) is 109 cm³/mol. The molecule has 4 rings (SSSR count). The quantitative estimate of drug-likeness (QED) is 0.602. The molecule has 27 heavy (non-hydrogen) atoms. The average Bonchev–Trinajstić information content (AvgIpc) is 3.21. The van der Waals surface area contributed by atoms with E-state index in [0.717, 1.165) is 51.0 Å². The zero-order valence-electron chi connectivity index (χ0n) is 17.6. The Labute approximate surface area is 165 Å². The Morgan fingerprint density at radius 1 is 1.11 bits per heavy atom. The summed E-state index contributed by atoms with van der Waals surface area (Å²) < 4.78 is 12.3. The van der Waals surface area contributed by atoms with Crippen LogP contribution in [0.25, 0.3) is 0 Å². The number of likely N-dealkylation sites (tertiary alicyclic amines) is 1. The van der Waals surface area contributed by atoms with E-state index < -0.39 is 0 Å². The highest BCUT2D eigenvalue weighted by Gasteiger charge is 2.58. The van der Waals surface area contributed by atoms with Gasteiger partial charge in [0.05, 0.1) is 12.2 Å². The fourth-order valence-corrected chi connectivity index (χ4v) is 5.94. The zero-order valence-corrected chi connectivity index (χ0v) is 17.6. The van der Waals surface area contributed by atoms with Crippen molar-refractivity contribution < 1.29 is 9.47 Å². The van der Waals surface area contributed by atoms with Crippen LogP contribution in [0.15, 0.2) is 4.99 Å². The number of nitrogens with one attached hydrogen (secondary N) is 1. The van der Waals surface area contributed by atoms with Gasteiger partial charge in [0.25, 0.3) is 0 Å². The molecule has 0 spiro atoms. The number of hydrogen-bond donors (Lipinski definition) is 1. The van der Waals surface area contributed by atoms with E-state index in [2.05, 4.69) is 29.1 Å². The van der Waals surface area contributed by atoms with E-state index in [9.17, 15) is 0 Å². The van der Waals surface area contributed by atoms with Crippen molar-refractivity contribution in [2.45, 2.75) is 83.5 Å². The number of guanidine groups is 1. The normalized spacial score (nSPS) is 35.0. The number of rotatable bonds is 4. The van der Waals surface area contributed by atoms with E-state index in [1.165, 1.54) is 38.5 Å². The second-order valence-electron chi connectivity index (χ2n) is 9.76. The first kappa shape index (κ1) is 19.5. The fourth-order valence-electron chi connectivity index (χ4n) is 5.94. The molecule has 5 heteroatoms. The minimum Gasteiger partial charge on any atom is -0.378 e. The van der Waals surface area contributed by atoms with E-state index in [4.69, 9.17) is 9.47 Å². The second-order valence-corrected chi connectivity index (χ2v) is 9.76. The molecule has 0 aromatic carbocycles. The molecule has 1 N–H and O–H groups in total. The first-order valence-electron chi connectivity index (χ1n) is 11.3. The Hall–Kier alpha value is -0.810. The Balaban J connectivity index is 1.25. The molecule has 4 aliphatic rings. The van der Waals surface area contributed by atoms with Crippen LogP contribution >= 0.6 is 0 Å². The summed E-state index contributed by atoms with van der Waals surface area (Å²) in [6, 6.07) is 0.470. The second kappa shape index (κ2) is 8.28. The highest BCUT2D eigenvalue weighted by atomic mass is 16.5. The van der Waals surface area contributed by atoms with Gasteiger partial charge in [-0.15, -0.1) is 0 Å². The van der Waals surface area contributed by atoms with Crippen molar-refractivity contribution in [3.8, 4) is 0 Å². The number of ether oxygens (including phenoxy) is 2. The summed E-state index contributed by atoms with van der Waals surface area (Å²) in [5.41, 5.74) is 0.184. The van der Waals surface area contributed by atoms with Gasteiger partial charge in [0, 0.05) is 50.7 Å². The van der Waals surface area contributed by atoms with Crippen molar-refractivity contribution in [3.63, 3.8) is 0 Å². The summed E-state index contributed by atoms with van der Waals surface area (Å²) in [5, 5.41) is 3.81. The molecule has 0 aromatic heterocycles. The average molecular weight is 378 g/mol. The van der Waals surface area contributed by atoms with Crippen LogP contribution in [0.4, 0.5) is 0 Å². The smallest absolute Gasteiger partial charge is 0.193 e. The third-order valence-corrected chi connectivity index (χ3v) is 7.61. The lowest BCUT2D eigenvalue weighted by atomic mass is 9.55. The van der Waals surface area contributed by atoms with Gasteiger partial charge < -0.3 is 19.7 Å². The molecule has 2 aliphatic heterocycles. The number of hydrogen-bond acceptors (Lipinski definition) is 3. The molecule has 2 aliphatic carbocycles. The molecule has 4 fully saturated rings. The highest BCUT2D eigenvalue weighted by molar-refractivity contribution is 5.80. The first-order chi connectivity index (χ1) is 13.1. The maximum atomic E-state index is 6.24. The summed E-state index contributed by atoms with van der Waals surface area (Å²) >= 11 is 0. The number of nitrogens with zero attached hydrogens (tertiary/aromatic N) is 2. The maximum absolute atomic E-state index is 6.24. The van der Waals surface area contributed by atoms with Gasteiger partial charge in [-0.1, -0.05) is 26.7 Å². The predicted octanol–water partition coefficient (Wildman–Crippen LogP) is 3.44. The molecular weight excluding hydrogens is 338 g/mol. The Morgan fingerprint density at radius 2 is 1.85 bits per heavy atom. The van der Waals surface area contributed by atoms with Crippen molar-refractivity contribution in [1.82, 2.24) is 10.2 Å². The zero-order chi connectivity index (χ0) is 18.9. The van der Waals surface area contributed by atoms with Crippen LogP contribution < -0.4 is 5.32 Å². The number of fused-ring (bicyclic) bond motifs is 1. The summed E-state index contributed by atoms with van der Waals surface area (Å²) in [6.45, 7) is 8.69. The van der Waals surface area contributed by atoms with Crippen molar-refractivity contribution in [2.75, 3.05) is 33.4 Å². The van der Waals surface area contributed by atoms with Gasteiger partial charge in [0.15, 0.2) is 5.96 Å². The summed E-state index contributed by atoms with van der Waals surface area (Å²) in [7, 11) is 1.92.